The summed E-state index contributed by atoms with van der Waals surface area (Å²) in [6.45, 7) is 7.31. The molecule has 6 rings (SSSR count). The van der Waals surface area contributed by atoms with E-state index in [1.165, 1.54) is 0 Å². The van der Waals surface area contributed by atoms with Gasteiger partial charge in [0.25, 0.3) is 0 Å². The van der Waals surface area contributed by atoms with Gasteiger partial charge in [0.15, 0.2) is 5.71 Å². The van der Waals surface area contributed by atoms with E-state index in [0.717, 1.165) is 44.4 Å². The third kappa shape index (κ3) is 1.99. The number of nitrogens with zero attached hydrogens (tertiary/aromatic N) is 6. The number of hydrogen-bond acceptors (Lipinski definition) is 5. The van der Waals surface area contributed by atoms with Crippen LogP contribution < -0.4 is 0 Å². The monoisotopic (exact) mass is 382 g/mol. The van der Waals surface area contributed by atoms with Crippen molar-refractivity contribution in [3.8, 4) is 28.7 Å². The lowest BCUT2D eigenvalue weighted by Crippen LogP contribution is -2.25. The molecule has 0 aliphatic heterocycles. The van der Waals surface area contributed by atoms with Crippen molar-refractivity contribution in [2.45, 2.75) is 0 Å². The van der Waals surface area contributed by atoms with Crippen molar-refractivity contribution in [3.05, 3.63) is 94.7 Å². The summed E-state index contributed by atoms with van der Waals surface area (Å²) < 4.78 is 0. The van der Waals surface area contributed by atoms with Crippen LogP contribution in [-0.2, 0) is 0 Å². The van der Waals surface area contributed by atoms with Crippen molar-refractivity contribution in [1.29, 1.82) is 5.26 Å². The van der Waals surface area contributed by atoms with Crippen LogP contribution in [0.25, 0.3) is 38.2 Å². The van der Waals surface area contributed by atoms with E-state index in [1.54, 1.807) is 0 Å². The Kier molecular flexibility index (Phi) is 3.21. The molecule has 3 aromatic carbocycles. The summed E-state index contributed by atoms with van der Waals surface area (Å²) in [4.78, 5) is 17.2. The standard InChI is InChI=1S/C24H10N6/c1-26-30-22-15-9-3-2-8-14(15)19(27-12-25)23-24(22)29-21-17-11-5-7-13-6-4-10-16(18(13)17)20(21)28-23/h2-11H/b27-19-,30-22+. The summed E-state index contributed by atoms with van der Waals surface area (Å²) >= 11 is 0. The molecule has 2 aliphatic carbocycles. The van der Waals surface area contributed by atoms with Gasteiger partial charge in [0.05, 0.1) is 16.5 Å². The average molecular weight is 382 g/mol. The molecule has 136 valence electrons. The molecule has 0 unspecified atom stereocenters. The molecule has 0 amide bonds. The number of aliphatic imine (C=N–C) groups is 1. The fourth-order valence-electron chi connectivity index (χ4n) is 4.34. The summed E-state index contributed by atoms with van der Waals surface area (Å²) in [5, 5.41) is 15.6. The summed E-state index contributed by atoms with van der Waals surface area (Å²) in [6, 6.07) is 19.7. The minimum absolute atomic E-state index is 0.450. The first kappa shape index (κ1) is 16.3. The molecule has 6 heteroatoms. The highest BCUT2D eigenvalue weighted by Gasteiger charge is 2.35. The molecule has 0 fully saturated rings. The summed E-state index contributed by atoms with van der Waals surface area (Å²) in [6.07, 6.45) is 1.89. The summed E-state index contributed by atoms with van der Waals surface area (Å²) in [5.74, 6) is 0. The first-order valence-corrected chi connectivity index (χ1v) is 9.28. The molecule has 30 heavy (non-hydrogen) atoms. The maximum absolute atomic E-state index is 9.33. The van der Waals surface area contributed by atoms with Gasteiger partial charge in [-0.25, -0.2) is 9.97 Å². The molecule has 2 aliphatic rings. The zero-order valence-electron chi connectivity index (χ0n) is 15.5. The Hall–Kier alpha value is -4.68. The van der Waals surface area contributed by atoms with Crippen molar-refractivity contribution in [2.24, 2.45) is 10.1 Å². The first-order valence-electron chi connectivity index (χ1n) is 9.28. The van der Waals surface area contributed by atoms with Crippen molar-refractivity contribution < 1.29 is 0 Å². The van der Waals surface area contributed by atoms with Gasteiger partial charge in [-0.2, -0.15) is 16.8 Å². The van der Waals surface area contributed by atoms with E-state index in [9.17, 15) is 5.26 Å². The van der Waals surface area contributed by atoms with Crippen molar-refractivity contribution in [3.63, 3.8) is 0 Å². The molecule has 0 bridgehead atoms. The number of fused-ring (bicyclic) bond motifs is 5. The van der Waals surface area contributed by atoms with Crippen molar-refractivity contribution >= 4 is 22.2 Å². The molecule has 1 aromatic heterocycles. The van der Waals surface area contributed by atoms with Crippen molar-refractivity contribution in [2.75, 3.05) is 0 Å². The zero-order chi connectivity index (χ0) is 20.2. The maximum Gasteiger partial charge on any atom is 0.206 e. The lowest BCUT2D eigenvalue weighted by molar-refractivity contribution is 1.16. The number of rotatable bonds is 0. The van der Waals surface area contributed by atoms with Crippen LogP contribution in [0.1, 0.15) is 22.5 Å². The Morgan fingerprint density at radius 2 is 1.30 bits per heavy atom. The molecular formula is C24H10N6. The molecule has 0 N–H and O–H groups in total. The second-order valence-electron chi connectivity index (χ2n) is 6.98. The number of hydrogen-bond donors (Lipinski definition) is 0. The third-order valence-corrected chi connectivity index (χ3v) is 5.51. The Morgan fingerprint density at radius 3 is 1.90 bits per heavy atom. The van der Waals surface area contributed by atoms with Crippen LogP contribution in [-0.4, -0.2) is 21.4 Å². The van der Waals surface area contributed by atoms with E-state index in [4.69, 9.17) is 16.5 Å². The molecule has 0 radical (unpaired) electrons. The predicted molar refractivity (Wildman–Crippen MR) is 114 cm³/mol. The minimum Gasteiger partial charge on any atom is -0.241 e. The average Bonchev–Trinajstić information content (AvgIpc) is 3.10. The number of aromatic nitrogens is 2. The Labute approximate surface area is 171 Å². The van der Waals surface area contributed by atoms with Crippen LogP contribution in [0, 0.1) is 18.0 Å². The highest BCUT2D eigenvalue weighted by Crippen LogP contribution is 2.46. The van der Waals surface area contributed by atoms with Crippen LogP contribution in [0.2, 0.25) is 0 Å². The van der Waals surface area contributed by atoms with Gasteiger partial charge in [0.1, 0.15) is 17.1 Å². The molecule has 0 atom stereocenters. The Balaban J connectivity index is 1.75. The number of benzene rings is 3. The topological polar surface area (TPSA) is 78.6 Å². The largest absolute Gasteiger partial charge is 0.241 e. The van der Waals surface area contributed by atoms with Gasteiger partial charge in [0.2, 0.25) is 6.19 Å². The third-order valence-electron chi connectivity index (χ3n) is 5.51. The van der Waals surface area contributed by atoms with Gasteiger partial charge in [-0.1, -0.05) is 60.7 Å². The van der Waals surface area contributed by atoms with E-state index in [1.807, 2.05) is 54.7 Å². The van der Waals surface area contributed by atoms with Crippen LogP contribution in [0.3, 0.4) is 0 Å². The number of nitriles is 1. The van der Waals surface area contributed by atoms with Gasteiger partial charge in [-0.05, 0) is 5.39 Å². The highest BCUT2D eigenvalue weighted by molar-refractivity contribution is 6.31. The molecule has 0 saturated carbocycles. The maximum atomic E-state index is 9.33. The fourth-order valence-corrected chi connectivity index (χ4v) is 4.34. The molecule has 6 nitrogen and oxygen atoms in total. The van der Waals surface area contributed by atoms with Gasteiger partial charge < -0.3 is 0 Å². The second kappa shape index (κ2) is 5.91. The van der Waals surface area contributed by atoms with Gasteiger partial charge >= 0.3 is 0 Å². The lowest BCUT2D eigenvalue weighted by Gasteiger charge is -2.20. The van der Waals surface area contributed by atoms with E-state index >= 15 is 0 Å². The van der Waals surface area contributed by atoms with Crippen LogP contribution in [0.5, 0.6) is 0 Å². The Bertz CT molecular complexity index is 1450. The van der Waals surface area contributed by atoms with E-state index in [2.05, 4.69) is 27.2 Å². The van der Waals surface area contributed by atoms with E-state index in [0.29, 0.717) is 22.8 Å². The van der Waals surface area contributed by atoms with Crippen LogP contribution >= 0.6 is 0 Å². The lowest BCUT2D eigenvalue weighted by atomic mass is 9.88. The fraction of sp³-hybridized carbons (Fsp3) is 0. The minimum atomic E-state index is 0.450. The zero-order valence-corrected chi connectivity index (χ0v) is 15.5. The van der Waals surface area contributed by atoms with Crippen LogP contribution in [0.15, 0.2) is 70.8 Å². The summed E-state index contributed by atoms with van der Waals surface area (Å²) in [7, 11) is 0. The highest BCUT2D eigenvalue weighted by atomic mass is 15.2. The van der Waals surface area contributed by atoms with E-state index in [-0.39, 0.29) is 0 Å². The second-order valence-corrected chi connectivity index (χ2v) is 6.98. The SMILES string of the molecule is [C-]#[N+]/N=C1\c2ccccc2/C(=N/C#N)c2nc3c(nc21)-c1cccc2cccc-3c12. The molecule has 1 heterocycles. The molecule has 0 spiro atoms. The molecule has 0 saturated heterocycles. The first-order chi connectivity index (χ1) is 14.8. The molecular weight excluding hydrogens is 372 g/mol. The van der Waals surface area contributed by atoms with Crippen molar-refractivity contribution in [1.82, 2.24) is 9.97 Å². The Morgan fingerprint density at radius 1 is 0.733 bits per heavy atom. The van der Waals surface area contributed by atoms with Gasteiger partial charge in [0, 0.05) is 27.6 Å². The smallest absolute Gasteiger partial charge is 0.206 e. The van der Waals surface area contributed by atoms with Gasteiger partial charge in [-0.3, -0.25) is 0 Å². The molecule has 4 aromatic rings. The van der Waals surface area contributed by atoms with Crippen LogP contribution in [0.4, 0.5) is 0 Å². The van der Waals surface area contributed by atoms with E-state index < -0.39 is 0 Å². The normalized spacial score (nSPS) is 15.4. The quantitative estimate of drug-likeness (QED) is 0.219. The summed E-state index contributed by atoms with van der Waals surface area (Å²) in [5.41, 5.74) is 6.82. The van der Waals surface area contributed by atoms with Gasteiger partial charge in [-0.15, -0.1) is 4.95 Å². The predicted octanol–water partition coefficient (Wildman–Crippen LogP) is 4.58.